The number of hydrogen-bond acceptors (Lipinski definition) is 2. The fraction of sp³-hybridized carbons (Fsp3) is 0.564. The van der Waals surface area contributed by atoms with Crippen molar-refractivity contribution in [1.82, 2.24) is 0 Å². The van der Waals surface area contributed by atoms with Gasteiger partial charge in [-0.05, 0) is 102 Å². The van der Waals surface area contributed by atoms with Gasteiger partial charge in [-0.2, -0.15) is 0 Å². The van der Waals surface area contributed by atoms with E-state index in [-0.39, 0.29) is 0 Å². The summed E-state index contributed by atoms with van der Waals surface area (Å²) in [6.45, 7) is 11.4. The molecule has 57 heavy (non-hydrogen) atoms. The van der Waals surface area contributed by atoms with Crippen molar-refractivity contribution in [3.05, 3.63) is 129 Å². The Bertz CT molecular complexity index is 1530. The summed E-state index contributed by atoms with van der Waals surface area (Å²) in [7, 11) is 0. The highest BCUT2D eigenvalue weighted by atomic mass is 14.5. The Morgan fingerprint density at radius 1 is 0.351 bits per heavy atom. The van der Waals surface area contributed by atoms with E-state index in [1.165, 1.54) is 186 Å². The summed E-state index contributed by atoms with van der Waals surface area (Å²) in [6, 6.07) is 32.4. The topological polar surface area (TPSA) is 52.0 Å². The number of anilines is 2. The van der Waals surface area contributed by atoms with Crippen molar-refractivity contribution in [3.8, 4) is 0 Å². The summed E-state index contributed by atoms with van der Waals surface area (Å²) in [4.78, 5) is 0. The molecule has 2 atom stereocenters. The predicted octanol–water partition coefficient (Wildman–Crippen LogP) is 16.9. The lowest BCUT2D eigenvalue weighted by atomic mass is 9.81. The van der Waals surface area contributed by atoms with E-state index in [4.69, 9.17) is 11.5 Å². The third-order valence-corrected chi connectivity index (χ3v) is 12.9. The number of hydrogen-bond donors (Lipinski definition) is 2. The van der Waals surface area contributed by atoms with Gasteiger partial charge in [0, 0.05) is 29.1 Å². The molecule has 4 rings (SSSR count). The van der Waals surface area contributed by atoms with E-state index >= 15 is 0 Å². The van der Waals surface area contributed by atoms with E-state index < -0.39 is 0 Å². The zero-order valence-corrected chi connectivity index (χ0v) is 37.2. The van der Waals surface area contributed by atoms with E-state index in [0.29, 0.717) is 17.8 Å². The fourth-order valence-electron chi connectivity index (χ4n) is 9.44. The van der Waals surface area contributed by atoms with Crippen LogP contribution in [-0.4, -0.2) is 0 Å². The minimum atomic E-state index is 0.380. The third kappa shape index (κ3) is 15.6. The molecule has 0 saturated heterocycles. The first-order chi connectivity index (χ1) is 27.9. The molecule has 4 N–H and O–H groups in total. The minimum Gasteiger partial charge on any atom is -0.399 e. The second kappa shape index (κ2) is 26.5. The number of rotatable bonds is 29. The molecule has 0 heterocycles. The molecule has 0 aliphatic rings. The van der Waals surface area contributed by atoms with Gasteiger partial charge in [-0.25, -0.2) is 0 Å². The number of benzene rings is 4. The van der Waals surface area contributed by atoms with Gasteiger partial charge in [0.1, 0.15) is 0 Å². The number of unbranched alkanes of at least 4 members (excludes halogenated alkanes) is 18. The molecule has 4 aromatic rings. The fourth-order valence-corrected chi connectivity index (χ4v) is 9.44. The lowest BCUT2D eigenvalue weighted by Gasteiger charge is -2.23. The molecule has 4 aromatic carbocycles. The molecule has 0 fully saturated rings. The molecule has 0 spiro atoms. The van der Waals surface area contributed by atoms with Crippen LogP contribution in [0.1, 0.15) is 231 Å². The quantitative estimate of drug-likeness (QED) is 0.0427. The van der Waals surface area contributed by atoms with E-state index in [0.717, 1.165) is 17.8 Å². The summed E-state index contributed by atoms with van der Waals surface area (Å²) >= 11 is 0. The first kappa shape index (κ1) is 46.2. The van der Waals surface area contributed by atoms with Gasteiger partial charge in [-0.1, -0.05) is 210 Å². The van der Waals surface area contributed by atoms with Crippen LogP contribution in [0, 0.1) is 13.8 Å². The van der Waals surface area contributed by atoms with E-state index in [9.17, 15) is 0 Å². The van der Waals surface area contributed by atoms with Gasteiger partial charge >= 0.3 is 0 Å². The molecule has 2 unspecified atom stereocenters. The Morgan fingerprint density at radius 3 is 0.912 bits per heavy atom. The Labute approximate surface area is 351 Å². The van der Waals surface area contributed by atoms with Crippen LogP contribution in [-0.2, 0) is 0 Å². The Hall–Kier alpha value is -3.52. The zero-order valence-electron chi connectivity index (χ0n) is 37.2. The van der Waals surface area contributed by atoms with Crippen LogP contribution in [0.15, 0.2) is 84.9 Å². The Morgan fingerprint density at radius 2 is 0.632 bits per heavy atom. The number of nitrogens with two attached hydrogens (primary N) is 2. The molecule has 0 radical (unpaired) electrons. The maximum Gasteiger partial charge on any atom is 0.0316 e. The van der Waals surface area contributed by atoms with Gasteiger partial charge < -0.3 is 11.5 Å². The van der Waals surface area contributed by atoms with Gasteiger partial charge in [0.25, 0.3) is 0 Å². The van der Waals surface area contributed by atoms with Gasteiger partial charge in [0.05, 0.1) is 0 Å². The number of aryl methyl sites for hydroxylation is 2. The molecule has 2 heteroatoms. The van der Waals surface area contributed by atoms with Gasteiger partial charge in [0.2, 0.25) is 0 Å². The van der Waals surface area contributed by atoms with Crippen molar-refractivity contribution in [1.29, 1.82) is 0 Å². The average Bonchev–Trinajstić information content (AvgIpc) is 3.21. The van der Waals surface area contributed by atoms with Crippen molar-refractivity contribution < 1.29 is 0 Å². The normalized spacial score (nSPS) is 13.1. The van der Waals surface area contributed by atoms with Crippen LogP contribution in [0.5, 0.6) is 0 Å². The molecule has 0 bridgehead atoms. The summed E-state index contributed by atoms with van der Waals surface area (Å²) in [5.41, 5.74) is 25.3. The molecule has 0 amide bonds. The highest BCUT2D eigenvalue weighted by Crippen LogP contribution is 2.37. The van der Waals surface area contributed by atoms with Gasteiger partial charge in [-0.15, -0.1) is 0 Å². The van der Waals surface area contributed by atoms with E-state index in [2.05, 4.69) is 120 Å². The summed E-state index contributed by atoms with van der Waals surface area (Å²) in [5.74, 6) is 1.18. The zero-order chi connectivity index (χ0) is 40.7. The van der Waals surface area contributed by atoms with Crippen LogP contribution in [0.4, 0.5) is 11.4 Å². The van der Waals surface area contributed by atoms with E-state index in [1.54, 1.807) is 0 Å². The molecule has 0 aliphatic carbocycles. The molecule has 0 saturated carbocycles. The Kier molecular flexibility index (Phi) is 21.4. The highest BCUT2D eigenvalue weighted by Gasteiger charge is 2.20. The van der Waals surface area contributed by atoms with Crippen LogP contribution in [0.3, 0.4) is 0 Å². The standard InChI is InChI=1S/C55H82N2/c1-6-9-11-13-15-17-19-21-23-25-27-54(52-39-37-49(56)41-43(52)4)47-33-29-45(30-34-47)51(8-3)46-31-35-48(36-32-46)55(53-40-38-50(57)42-44(53)5)28-26-24-22-20-18-16-14-12-10-7-2/h29-42,51,54-55H,6-28,56-57H2,1-5H3. The van der Waals surface area contributed by atoms with Crippen molar-refractivity contribution in [3.63, 3.8) is 0 Å². The van der Waals surface area contributed by atoms with Crippen molar-refractivity contribution >= 4 is 11.4 Å². The van der Waals surface area contributed by atoms with Crippen LogP contribution >= 0.6 is 0 Å². The Balaban J connectivity index is 1.41. The first-order valence-electron chi connectivity index (χ1n) is 23.8. The second-order valence-corrected chi connectivity index (χ2v) is 17.6. The predicted molar refractivity (Wildman–Crippen MR) is 253 cm³/mol. The molecular weight excluding hydrogens is 689 g/mol. The van der Waals surface area contributed by atoms with Crippen LogP contribution < -0.4 is 11.5 Å². The van der Waals surface area contributed by atoms with E-state index in [1.807, 2.05) is 0 Å². The largest absolute Gasteiger partial charge is 0.399 e. The third-order valence-electron chi connectivity index (χ3n) is 12.9. The maximum atomic E-state index is 6.22. The minimum absolute atomic E-state index is 0.380. The second-order valence-electron chi connectivity index (χ2n) is 17.6. The van der Waals surface area contributed by atoms with Gasteiger partial charge in [-0.3, -0.25) is 0 Å². The van der Waals surface area contributed by atoms with Crippen LogP contribution in [0.25, 0.3) is 0 Å². The lowest BCUT2D eigenvalue weighted by molar-refractivity contribution is 0.540. The lowest BCUT2D eigenvalue weighted by Crippen LogP contribution is -2.07. The summed E-state index contributed by atoms with van der Waals surface area (Å²) < 4.78 is 0. The molecule has 0 aromatic heterocycles. The molecule has 2 nitrogen and oxygen atoms in total. The highest BCUT2D eigenvalue weighted by molar-refractivity contribution is 5.50. The molecule has 0 aliphatic heterocycles. The summed E-state index contributed by atoms with van der Waals surface area (Å²) in [6.07, 6.45) is 30.8. The van der Waals surface area contributed by atoms with Crippen molar-refractivity contribution in [2.75, 3.05) is 11.5 Å². The molecule has 312 valence electrons. The molecular formula is C55H82N2. The average molecular weight is 771 g/mol. The SMILES string of the molecule is CCCCCCCCCCCCC(c1ccc(C(CC)c2ccc(C(CCCCCCCCCCCC)c3ccc(N)cc3C)cc2)cc1)c1ccc(N)cc1C. The van der Waals surface area contributed by atoms with Gasteiger partial charge in [0.15, 0.2) is 0 Å². The maximum absolute atomic E-state index is 6.22. The van der Waals surface area contributed by atoms with Crippen LogP contribution in [0.2, 0.25) is 0 Å². The smallest absolute Gasteiger partial charge is 0.0316 e. The summed E-state index contributed by atoms with van der Waals surface area (Å²) in [5, 5.41) is 0. The monoisotopic (exact) mass is 771 g/mol. The number of nitrogen functional groups attached to an aromatic ring is 2. The van der Waals surface area contributed by atoms with Crippen molar-refractivity contribution in [2.45, 2.75) is 200 Å². The first-order valence-corrected chi connectivity index (χ1v) is 23.8. The van der Waals surface area contributed by atoms with Crippen molar-refractivity contribution in [2.24, 2.45) is 0 Å².